The molecular formula is C18H28N2. The molecule has 0 amide bonds. The molecule has 3 rings (SSSR count). The van der Waals surface area contributed by atoms with Crippen molar-refractivity contribution in [2.75, 3.05) is 26.2 Å². The molecule has 1 atom stereocenters. The van der Waals surface area contributed by atoms with Crippen LogP contribution in [-0.2, 0) is 0 Å². The molecule has 1 aliphatic carbocycles. The van der Waals surface area contributed by atoms with Crippen molar-refractivity contribution in [2.24, 2.45) is 5.92 Å². The zero-order valence-corrected chi connectivity index (χ0v) is 13.2. The van der Waals surface area contributed by atoms with Crippen LogP contribution in [0.15, 0.2) is 12.1 Å². The van der Waals surface area contributed by atoms with Crippen LogP contribution < -0.4 is 5.32 Å². The molecule has 1 saturated heterocycles. The van der Waals surface area contributed by atoms with Gasteiger partial charge in [0.15, 0.2) is 0 Å². The van der Waals surface area contributed by atoms with Crippen molar-refractivity contribution < 1.29 is 0 Å². The molecule has 1 aromatic rings. The summed E-state index contributed by atoms with van der Waals surface area (Å²) in [5.74, 6) is 0.883. The first-order valence-electron chi connectivity index (χ1n) is 8.19. The van der Waals surface area contributed by atoms with Crippen molar-refractivity contribution >= 4 is 0 Å². The molecule has 1 heterocycles. The van der Waals surface area contributed by atoms with Gasteiger partial charge in [0.25, 0.3) is 0 Å². The Hall–Kier alpha value is -0.860. The number of hydrogen-bond donors (Lipinski definition) is 1. The summed E-state index contributed by atoms with van der Waals surface area (Å²) in [7, 11) is 0. The Kier molecular flexibility index (Phi) is 4.13. The highest BCUT2D eigenvalue weighted by Crippen LogP contribution is 2.43. The quantitative estimate of drug-likeness (QED) is 0.907. The summed E-state index contributed by atoms with van der Waals surface area (Å²) in [5.41, 5.74) is 6.02. The Bertz CT molecular complexity index is 447. The fraction of sp³-hybridized carbons (Fsp3) is 0.667. The number of benzene rings is 1. The number of nitrogens with zero attached hydrogens (tertiary/aromatic N) is 1. The van der Waals surface area contributed by atoms with Crippen molar-refractivity contribution in [3.63, 3.8) is 0 Å². The molecule has 2 fully saturated rings. The highest BCUT2D eigenvalue weighted by Gasteiger charge is 2.35. The molecule has 0 spiro atoms. The van der Waals surface area contributed by atoms with Crippen molar-refractivity contribution in [3.05, 3.63) is 34.4 Å². The third kappa shape index (κ3) is 2.64. The Balaban J connectivity index is 1.96. The molecule has 2 aliphatic rings. The van der Waals surface area contributed by atoms with E-state index in [2.05, 4.69) is 43.1 Å². The van der Waals surface area contributed by atoms with Gasteiger partial charge in [-0.1, -0.05) is 24.1 Å². The van der Waals surface area contributed by atoms with Crippen LogP contribution in [0.4, 0.5) is 0 Å². The van der Waals surface area contributed by atoms with E-state index in [1.54, 1.807) is 5.56 Å². The number of aryl methyl sites for hydroxylation is 3. The van der Waals surface area contributed by atoms with Gasteiger partial charge < -0.3 is 5.32 Å². The minimum Gasteiger partial charge on any atom is -0.314 e. The summed E-state index contributed by atoms with van der Waals surface area (Å²) in [6, 6.07) is 5.40. The summed E-state index contributed by atoms with van der Waals surface area (Å²) in [4.78, 5) is 2.74. The maximum atomic E-state index is 3.49. The monoisotopic (exact) mass is 272 g/mol. The minimum atomic E-state index is 0.659. The maximum Gasteiger partial charge on any atom is 0.0382 e. The van der Waals surface area contributed by atoms with E-state index >= 15 is 0 Å². The van der Waals surface area contributed by atoms with E-state index < -0.39 is 0 Å². The van der Waals surface area contributed by atoms with Gasteiger partial charge in [0.1, 0.15) is 0 Å². The first-order chi connectivity index (χ1) is 9.66. The zero-order valence-electron chi connectivity index (χ0n) is 13.2. The van der Waals surface area contributed by atoms with Crippen LogP contribution in [0.25, 0.3) is 0 Å². The Morgan fingerprint density at radius 1 is 1.05 bits per heavy atom. The van der Waals surface area contributed by atoms with Crippen LogP contribution in [0.3, 0.4) is 0 Å². The van der Waals surface area contributed by atoms with Gasteiger partial charge in [0, 0.05) is 32.2 Å². The molecule has 1 aromatic carbocycles. The Labute approximate surface area is 123 Å². The topological polar surface area (TPSA) is 15.3 Å². The summed E-state index contributed by atoms with van der Waals surface area (Å²) >= 11 is 0. The molecule has 0 radical (unpaired) electrons. The van der Waals surface area contributed by atoms with Gasteiger partial charge in [-0.05, 0) is 56.2 Å². The molecule has 20 heavy (non-hydrogen) atoms. The van der Waals surface area contributed by atoms with Crippen LogP contribution in [-0.4, -0.2) is 31.1 Å². The number of piperazine rings is 1. The first kappa shape index (κ1) is 14.1. The standard InChI is InChI=1S/C18H28N2/c1-13-11-14(2)17(15(3)12-13)18(16-5-4-6-16)20-9-7-19-8-10-20/h11-12,16,18-19H,4-10H2,1-3H3. The van der Waals surface area contributed by atoms with E-state index in [0.29, 0.717) is 6.04 Å². The molecule has 1 saturated carbocycles. The molecule has 1 unspecified atom stereocenters. The first-order valence-corrected chi connectivity index (χ1v) is 8.19. The lowest BCUT2D eigenvalue weighted by molar-refractivity contribution is 0.0828. The van der Waals surface area contributed by atoms with E-state index in [1.165, 1.54) is 49.0 Å². The van der Waals surface area contributed by atoms with Crippen LogP contribution in [0.1, 0.15) is 47.6 Å². The molecule has 0 aromatic heterocycles. The number of rotatable bonds is 3. The average molecular weight is 272 g/mol. The summed E-state index contributed by atoms with van der Waals surface area (Å²) in [5, 5.41) is 3.49. The van der Waals surface area contributed by atoms with Crippen molar-refractivity contribution in [1.82, 2.24) is 10.2 Å². The normalized spacial score (nSPS) is 22.6. The van der Waals surface area contributed by atoms with E-state index in [0.717, 1.165) is 19.0 Å². The van der Waals surface area contributed by atoms with E-state index in [4.69, 9.17) is 0 Å². The predicted molar refractivity (Wildman–Crippen MR) is 85.2 cm³/mol. The smallest absolute Gasteiger partial charge is 0.0382 e. The molecule has 1 N–H and O–H groups in total. The lowest BCUT2D eigenvalue weighted by Gasteiger charge is -2.44. The Morgan fingerprint density at radius 2 is 1.65 bits per heavy atom. The third-order valence-electron chi connectivity index (χ3n) is 5.18. The van der Waals surface area contributed by atoms with E-state index in [9.17, 15) is 0 Å². The minimum absolute atomic E-state index is 0.659. The zero-order chi connectivity index (χ0) is 14.1. The fourth-order valence-electron chi connectivity index (χ4n) is 4.09. The third-order valence-corrected chi connectivity index (χ3v) is 5.18. The second-order valence-corrected chi connectivity index (χ2v) is 6.73. The van der Waals surface area contributed by atoms with Crippen LogP contribution >= 0.6 is 0 Å². The lowest BCUT2D eigenvalue weighted by atomic mass is 9.74. The van der Waals surface area contributed by atoms with Gasteiger partial charge in [0.05, 0.1) is 0 Å². The number of nitrogens with one attached hydrogen (secondary N) is 1. The highest BCUT2D eigenvalue weighted by molar-refractivity contribution is 5.40. The van der Waals surface area contributed by atoms with E-state index in [1.807, 2.05) is 0 Å². The van der Waals surface area contributed by atoms with Crippen LogP contribution in [0, 0.1) is 26.7 Å². The molecule has 1 aliphatic heterocycles. The summed E-state index contributed by atoms with van der Waals surface area (Å²) < 4.78 is 0. The molecule has 2 heteroatoms. The highest BCUT2D eigenvalue weighted by atomic mass is 15.2. The molecule has 0 bridgehead atoms. The maximum absolute atomic E-state index is 3.49. The number of hydrogen-bond acceptors (Lipinski definition) is 2. The second-order valence-electron chi connectivity index (χ2n) is 6.73. The van der Waals surface area contributed by atoms with Gasteiger partial charge in [-0.2, -0.15) is 0 Å². The van der Waals surface area contributed by atoms with Crippen LogP contribution in [0.2, 0.25) is 0 Å². The fourth-order valence-corrected chi connectivity index (χ4v) is 4.09. The summed E-state index contributed by atoms with van der Waals surface area (Å²) in [6.07, 6.45) is 4.26. The molecule has 2 nitrogen and oxygen atoms in total. The predicted octanol–water partition coefficient (Wildman–Crippen LogP) is 3.36. The molecule has 110 valence electrons. The second kappa shape index (κ2) is 5.87. The summed E-state index contributed by atoms with van der Waals surface area (Å²) in [6.45, 7) is 11.5. The van der Waals surface area contributed by atoms with Gasteiger partial charge in [-0.15, -0.1) is 0 Å². The lowest BCUT2D eigenvalue weighted by Crippen LogP contribution is -2.48. The van der Waals surface area contributed by atoms with Gasteiger partial charge in [-0.3, -0.25) is 4.90 Å². The van der Waals surface area contributed by atoms with Crippen molar-refractivity contribution in [2.45, 2.75) is 46.1 Å². The molecular weight excluding hydrogens is 244 g/mol. The van der Waals surface area contributed by atoms with E-state index in [-0.39, 0.29) is 0 Å². The van der Waals surface area contributed by atoms with Gasteiger partial charge >= 0.3 is 0 Å². The largest absolute Gasteiger partial charge is 0.314 e. The van der Waals surface area contributed by atoms with Crippen LogP contribution in [0.5, 0.6) is 0 Å². The Morgan fingerprint density at radius 3 is 2.15 bits per heavy atom. The van der Waals surface area contributed by atoms with Crippen molar-refractivity contribution in [3.8, 4) is 0 Å². The van der Waals surface area contributed by atoms with Crippen molar-refractivity contribution in [1.29, 1.82) is 0 Å². The van der Waals surface area contributed by atoms with Gasteiger partial charge in [0.2, 0.25) is 0 Å². The average Bonchev–Trinajstić information content (AvgIpc) is 2.35. The van der Waals surface area contributed by atoms with Gasteiger partial charge in [-0.25, -0.2) is 0 Å². The SMILES string of the molecule is Cc1cc(C)c(C(C2CCC2)N2CCNCC2)c(C)c1.